The largest absolute Gasteiger partial charge is 0.478 e. The van der Waals surface area contributed by atoms with Gasteiger partial charge in [-0.1, -0.05) is 19.4 Å². The van der Waals surface area contributed by atoms with Crippen molar-refractivity contribution in [2.75, 3.05) is 13.1 Å². The Morgan fingerprint density at radius 3 is 2.48 bits per heavy atom. The lowest BCUT2D eigenvalue weighted by molar-refractivity contribution is 0.0697. The molecule has 0 radical (unpaired) electrons. The van der Waals surface area contributed by atoms with Gasteiger partial charge in [0.1, 0.15) is 5.75 Å². The lowest BCUT2D eigenvalue weighted by Gasteiger charge is -2.27. The summed E-state index contributed by atoms with van der Waals surface area (Å²) in [5, 5.41) is 8.94. The number of pyridine rings is 1. The molecule has 5 heteroatoms. The van der Waals surface area contributed by atoms with E-state index < -0.39 is 5.97 Å². The zero-order valence-electron chi connectivity index (χ0n) is 14.6. The van der Waals surface area contributed by atoms with Gasteiger partial charge in [0.2, 0.25) is 5.88 Å². The first-order chi connectivity index (χ1) is 12.2. The van der Waals surface area contributed by atoms with E-state index in [0.29, 0.717) is 11.6 Å². The van der Waals surface area contributed by atoms with E-state index in [9.17, 15) is 4.79 Å². The van der Waals surface area contributed by atoms with Crippen molar-refractivity contribution in [3.8, 4) is 11.6 Å². The van der Waals surface area contributed by atoms with Gasteiger partial charge in [0.05, 0.1) is 5.56 Å². The van der Waals surface area contributed by atoms with Gasteiger partial charge in [-0.15, -0.1) is 0 Å². The van der Waals surface area contributed by atoms with Gasteiger partial charge >= 0.3 is 5.97 Å². The number of benzene rings is 1. The number of likely N-dealkylation sites (tertiary alicyclic amines) is 1. The number of hydrogen-bond acceptors (Lipinski definition) is 4. The number of ether oxygens (including phenoxy) is 1. The highest BCUT2D eigenvalue weighted by Gasteiger charge is 2.13. The average Bonchev–Trinajstić information content (AvgIpc) is 2.64. The maximum atomic E-state index is 10.9. The second kappa shape index (κ2) is 8.12. The summed E-state index contributed by atoms with van der Waals surface area (Å²) in [7, 11) is 0. The van der Waals surface area contributed by atoms with Crippen LogP contribution in [0.1, 0.15) is 47.8 Å². The molecule has 1 N–H and O–H groups in total. The molecule has 0 spiro atoms. The van der Waals surface area contributed by atoms with E-state index >= 15 is 0 Å². The summed E-state index contributed by atoms with van der Waals surface area (Å²) in [6, 6.07) is 10.4. The molecule has 0 bridgehead atoms. The van der Waals surface area contributed by atoms with Crippen LogP contribution in [0.15, 0.2) is 36.4 Å². The molecule has 2 heterocycles. The van der Waals surface area contributed by atoms with Crippen molar-refractivity contribution in [3.05, 3.63) is 53.2 Å². The van der Waals surface area contributed by atoms with Crippen LogP contribution in [0.2, 0.25) is 0 Å². The van der Waals surface area contributed by atoms with E-state index in [1.54, 1.807) is 12.1 Å². The second-order valence-electron chi connectivity index (χ2n) is 6.38. The molecule has 0 amide bonds. The van der Waals surface area contributed by atoms with E-state index in [-0.39, 0.29) is 5.56 Å². The quantitative estimate of drug-likeness (QED) is 0.857. The normalized spacial score (nSPS) is 15.1. The number of aromatic nitrogens is 1. The average molecular weight is 340 g/mol. The number of rotatable bonds is 6. The molecule has 5 nitrogen and oxygen atoms in total. The second-order valence-corrected chi connectivity index (χ2v) is 6.38. The first-order valence-corrected chi connectivity index (χ1v) is 8.88. The fourth-order valence-electron chi connectivity index (χ4n) is 3.16. The monoisotopic (exact) mass is 340 g/mol. The zero-order valence-corrected chi connectivity index (χ0v) is 14.6. The molecule has 1 aromatic carbocycles. The lowest BCUT2D eigenvalue weighted by atomic mass is 10.1. The van der Waals surface area contributed by atoms with Crippen molar-refractivity contribution in [1.29, 1.82) is 0 Å². The van der Waals surface area contributed by atoms with Gasteiger partial charge in [0, 0.05) is 18.3 Å². The van der Waals surface area contributed by atoms with Crippen molar-refractivity contribution < 1.29 is 14.6 Å². The zero-order chi connectivity index (χ0) is 17.6. The van der Waals surface area contributed by atoms with E-state index in [1.165, 1.54) is 37.0 Å². The summed E-state index contributed by atoms with van der Waals surface area (Å²) < 4.78 is 5.78. The van der Waals surface area contributed by atoms with Gasteiger partial charge in [-0.2, -0.15) is 0 Å². The van der Waals surface area contributed by atoms with Crippen LogP contribution in [-0.4, -0.2) is 34.0 Å². The van der Waals surface area contributed by atoms with Gasteiger partial charge in [-0.3, -0.25) is 4.90 Å². The highest BCUT2D eigenvalue weighted by molar-refractivity contribution is 5.87. The molecule has 1 saturated heterocycles. The SMILES string of the molecule is CCc1nc(Oc2ccc(C(=O)O)cc2)ccc1CN1CCCCC1. The Kier molecular flexibility index (Phi) is 5.66. The van der Waals surface area contributed by atoms with Crippen molar-refractivity contribution in [2.45, 2.75) is 39.2 Å². The number of piperidine rings is 1. The summed E-state index contributed by atoms with van der Waals surface area (Å²) in [4.78, 5) is 18.0. The fourth-order valence-corrected chi connectivity index (χ4v) is 3.16. The Morgan fingerprint density at radius 1 is 1.12 bits per heavy atom. The number of hydrogen-bond donors (Lipinski definition) is 1. The minimum absolute atomic E-state index is 0.242. The number of aryl methyl sites for hydroxylation is 1. The molecule has 2 aromatic rings. The molecule has 3 rings (SSSR count). The highest BCUT2D eigenvalue weighted by atomic mass is 16.5. The molecule has 0 aliphatic carbocycles. The van der Waals surface area contributed by atoms with Crippen LogP contribution in [0.3, 0.4) is 0 Å². The third kappa shape index (κ3) is 4.57. The van der Waals surface area contributed by atoms with Crippen LogP contribution in [0, 0.1) is 0 Å². The molecule has 132 valence electrons. The number of carboxylic acids is 1. The van der Waals surface area contributed by atoms with Crippen LogP contribution in [-0.2, 0) is 13.0 Å². The molecule has 1 aliphatic heterocycles. The van der Waals surface area contributed by atoms with Crippen LogP contribution >= 0.6 is 0 Å². The Hall–Kier alpha value is -2.40. The third-order valence-corrected chi connectivity index (χ3v) is 4.54. The Morgan fingerprint density at radius 2 is 1.84 bits per heavy atom. The molecule has 25 heavy (non-hydrogen) atoms. The van der Waals surface area contributed by atoms with E-state index in [2.05, 4.69) is 22.9 Å². The first-order valence-electron chi connectivity index (χ1n) is 8.88. The summed E-state index contributed by atoms with van der Waals surface area (Å²) in [6.45, 7) is 5.38. The molecule has 0 unspecified atom stereocenters. The van der Waals surface area contributed by atoms with E-state index in [1.807, 2.05) is 6.07 Å². The topological polar surface area (TPSA) is 62.7 Å². The predicted octanol–water partition coefficient (Wildman–Crippen LogP) is 4.12. The van der Waals surface area contributed by atoms with Gasteiger partial charge in [0.15, 0.2) is 0 Å². The molecule has 1 aliphatic rings. The van der Waals surface area contributed by atoms with Crippen molar-refractivity contribution in [3.63, 3.8) is 0 Å². The van der Waals surface area contributed by atoms with Gasteiger partial charge in [-0.05, 0) is 62.2 Å². The van der Waals surface area contributed by atoms with E-state index in [0.717, 1.165) is 31.7 Å². The first kappa shape index (κ1) is 17.4. The number of nitrogens with zero attached hydrogens (tertiary/aromatic N) is 2. The van der Waals surface area contributed by atoms with Gasteiger partial charge < -0.3 is 9.84 Å². The maximum Gasteiger partial charge on any atom is 0.335 e. The summed E-state index contributed by atoms with van der Waals surface area (Å²) in [5.74, 6) is 0.186. The lowest BCUT2D eigenvalue weighted by Crippen LogP contribution is -2.29. The number of carboxylic acid groups (broad SMARTS) is 1. The number of carbonyl (C=O) groups is 1. The summed E-state index contributed by atoms with van der Waals surface area (Å²) in [6.07, 6.45) is 4.76. The predicted molar refractivity (Wildman–Crippen MR) is 96.2 cm³/mol. The van der Waals surface area contributed by atoms with Crippen LogP contribution < -0.4 is 4.74 Å². The minimum Gasteiger partial charge on any atom is -0.478 e. The Labute approximate surface area is 148 Å². The van der Waals surface area contributed by atoms with Crippen molar-refractivity contribution in [1.82, 2.24) is 9.88 Å². The van der Waals surface area contributed by atoms with Crippen molar-refractivity contribution >= 4 is 5.97 Å². The van der Waals surface area contributed by atoms with Crippen LogP contribution in [0.4, 0.5) is 0 Å². The standard InChI is InChI=1S/C20H24N2O3/c1-2-18-16(14-22-12-4-3-5-13-22)8-11-19(21-18)25-17-9-6-15(7-10-17)20(23)24/h6-11H,2-5,12-14H2,1H3,(H,23,24). The number of aromatic carboxylic acids is 1. The fraction of sp³-hybridized carbons (Fsp3) is 0.400. The minimum atomic E-state index is -0.944. The summed E-state index contributed by atoms with van der Waals surface area (Å²) >= 11 is 0. The molecule has 1 fully saturated rings. The van der Waals surface area contributed by atoms with Crippen LogP contribution in [0.5, 0.6) is 11.6 Å². The smallest absolute Gasteiger partial charge is 0.335 e. The van der Waals surface area contributed by atoms with Gasteiger partial charge in [0.25, 0.3) is 0 Å². The Balaban J connectivity index is 1.70. The third-order valence-electron chi connectivity index (χ3n) is 4.54. The van der Waals surface area contributed by atoms with Crippen molar-refractivity contribution in [2.24, 2.45) is 0 Å². The maximum absolute atomic E-state index is 10.9. The summed E-state index contributed by atoms with van der Waals surface area (Å²) in [5.41, 5.74) is 2.56. The van der Waals surface area contributed by atoms with Crippen LogP contribution in [0.25, 0.3) is 0 Å². The van der Waals surface area contributed by atoms with Gasteiger partial charge in [-0.25, -0.2) is 9.78 Å². The molecule has 1 aromatic heterocycles. The molecular formula is C20H24N2O3. The highest BCUT2D eigenvalue weighted by Crippen LogP contribution is 2.23. The van der Waals surface area contributed by atoms with E-state index in [4.69, 9.17) is 9.84 Å². The molecular weight excluding hydrogens is 316 g/mol. The molecule has 0 atom stereocenters. The molecule has 0 saturated carbocycles. The Bertz CT molecular complexity index is 722.